The zero-order chi connectivity index (χ0) is 22.8. The van der Waals surface area contributed by atoms with Crippen molar-refractivity contribution < 1.29 is 18.7 Å². The summed E-state index contributed by atoms with van der Waals surface area (Å²) in [5, 5.41) is 0.532. The molecular weight excluding hydrogens is 406 g/mol. The molecule has 168 valence electrons. The van der Waals surface area contributed by atoms with E-state index in [1.807, 2.05) is 57.2 Å². The van der Waals surface area contributed by atoms with Gasteiger partial charge in [-0.05, 0) is 61.6 Å². The summed E-state index contributed by atoms with van der Waals surface area (Å²) in [5.41, 5.74) is 3.38. The zero-order valence-corrected chi connectivity index (χ0v) is 19.1. The van der Waals surface area contributed by atoms with Gasteiger partial charge in [-0.2, -0.15) is 0 Å². The minimum absolute atomic E-state index is 0.134. The van der Waals surface area contributed by atoms with Crippen molar-refractivity contribution in [2.45, 2.75) is 39.7 Å². The van der Waals surface area contributed by atoms with Crippen LogP contribution in [0.1, 0.15) is 58.6 Å². The fourth-order valence-corrected chi connectivity index (χ4v) is 4.46. The summed E-state index contributed by atoms with van der Waals surface area (Å²) in [7, 11) is 1.63. The van der Waals surface area contributed by atoms with Crippen LogP contribution in [-0.4, -0.2) is 37.7 Å². The maximum Gasteiger partial charge on any atom is 0.290 e. The Morgan fingerprint density at radius 2 is 1.91 bits per heavy atom. The van der Waals surface area contributed by atoms with Crippen molar-refractivity contribution in [3.8, 4) is 5.75 Å². The number of benzene rings is 2. The third-order valence-corrected chi connectivity index (χ3v) is 5.81. The predicted octanol–water partition coefficient (Wildman–Crippen LogP) is 4.78. The van der Waals surface area contributed by atoms with Crippen molar-refractivity contribution in [3.63, 3.8) is 0 Å². The Morgan fingerprint density at radius 3 is 2.66 bits per heavy atom. The summed E-state index contributed by atoms with van der Waals surface area (Å²) in [4.78, 5) is 28.9. The van der Waals surface area contributed by atoms with E-state index < -0.39 is 6.04 Å². The number of nitrogens with zero attached hydrogens (tertiary/aromatic N) is 1. The van der Waals surface area contributed by atoms with Crippen LogP contribution in [0.3, 0.4) is 0 Å². The Kier molecular flexibility index (Phi) is 6.33. The van der Waals surface area contributed by atoms with Gasteiger partial charge in [-0.1, -0.05) is 25.1 Å². The van der Waals surface area contributed by atoms with Gasteiger partial charge < -0.3 is 18.8 Å². The van der Waals surface area contributed by atoms with Gasteiger partial charge in [0, 0.05) is 20.3 Å². The molecule has 0 aliphatic carbocycles. The van der Waals surface area contributed by atoms with Gasteiger partial charge in [0.05, 0.1) is 23.6 Å². The number of aryl methyl sites for hydroxylation is 2. The monoisotopic (exact) mass is 435 g/mol. The van der Waals surface area contributed by atoms with Crippen LogP contribution in [0, 0.1) is 13.8 Å². The highest BCUT2D eigenvalue weighted by atomic mass is 16.5. The van der Waals surface area contributed by atoms with E-state index in [9.17, 15) is 9.59 Å². The average Bonchev–Trinajstić information content (AvgIpc) is 3.04. The quantitative estimate of drug-likeness (QED) is 0.476. The molecule has 6 nitrogen and oxygen atoms in total. The SMILES string of the molecule is CCCOc1cccc(C2c3c(oc4cc(C)cc(C)c4c3=O)C(=O)N2CCCOC)c1. The molecule has 6 heteroatoms. The average molecular weight is 436 g/mol. The van der Waals surface area contributed by atoms with E-state index in [1.54, 1.807) is 12.0 Å². The lowest BCUT2D eigenvalue weighted by molar-refractivity contribution is 0.0707. The van der Waals surface area contributed by atoms with Crippen LogP contribution in [0.15, 0.2) is 45.6 Å². The number of hydrogen-bond donors (Lipinski definition) is 0. The maximum atomic E-state index is 13.7. The Morgan fingerprint density at radius 1 is 1.09 bits per heavy atom. The highest BCUT2D eigenvalue weighted by Crippen LogP contribution is 2.39. The molecule has 3 aromatic rings. The molecule has 4 rings (SSSR count). The van der Waals surface area contributed by atoms with Crippen molar-refractivity contribution in [1.82, 2.24) is 4.90 Å². The van der Waals surface area contributed by atoms with Gasteiger partial charge >= 0.3 is 0 Å². The van der Waals surface area contributed by atoms with Gasteiger partial charge in [-0.3, -0.25) is 9.59 Å². The summed E-state index contributed by atoms with van der Waals surface area (Å²) in [6.45, 7) is 7.48. The van der Waals surface area contributed by atoms with Crippen LogP contribution in [0.4, 0.5) is 0 Å². The number of rotatable bonds is 8. The standard InChI is InChI=1S/C26H29NO5/c1-5-11-31-19-9-6-8-18(15-19)23-22-24(28)21-17(3)13-16(2)14-20(21)32-25(22)26(29)27(23)10-7-12-30-4/h6,8-9,13-15,23H,5,7,10-12H2,1-4H3. The number of carbonyl (C=O) groups is 1. The molecule has 32 heavy (non-hydrogen) atoms. The fraction of sp³-hybridized carbons (Fsp3) is 0.385. The van der Waals surface area contributed by atoms with E-state index in [0.717, 1.165) is 28.9 Å². The van der Waals surface area contributed by atoms with Gasteiger partial charge in [-0.15, -0.1) is 0 Å². The van der Waals surface area contributed by atoms with Gasteiger partial charge in [0.25, 0.3) is 5.91 Å². The molecule has 2 heterocycles. The minimum Gasteiger partial charge on any atom is -0.494 e. The van der Waals surface area contributed by atoms with Gasteiger partial charge in [-0.25, -0.2) is 0 Å². The first-order valence-electron chi connectivity index (χ1n) is 11.1. The first-order valence-corrected chi connectivity index (χ1v) is 11.1. The van der Waals surface area contributed by atoms with Crippen molar-refractivity contribution in [2.75, 3.05) is 26.9 Å². The second kappa shape index (κ2) is 9.17. The third kappa shape index (κ3) is 3.91. The van der Waals surface area contributed by atoms with Crippen LogP contribution in [0.25, 0.3) is 11.0 Å². The number of amides is 1. The van der Waals surface area contributed by atoms with Gasteiger partial charge in [0.2, 0.25) is 5.76 Å². The molecule has 1 aromatic heterocycles. The highest BCUT2D eigenvalue weighted by Gasteiger charge is 2.42. The van der Waals surface area contributed by atoms with E-state index in [2.05, 4.69) is 0 Å². The number of methoxy groups -OCH3 is 1. The van der Waals surface area contributed by atoms with E-state index in [-0.39, 0.29) is 17.1 Å². The van der Waals surface area contributed by atoms with Crippen LogP contribution in [0.2, 0.25) is 0 Å². The molecule has 1 unspecified atom stereocenters. The number of fused-ring (bicyclic) bond motifs is 2. The smallest absolute Gasteiger partial charge is 0.290 e. The largest absolute Gasteiger partial charge is 0.494 e. The molecule has 0 spiro atoms. The molecule has 1 aliphatic heterocycles. The van der Waals surface area contributed by atoms with Crippen molar-refractivity contribution in [1.29, 1.82) is 0 Å². The van der Waals surface area contributed by atoms with Crippen molar-refractivity contribution in [3.05, 3.63) is 74.6 Å². The van der Waals surface area contributed by atoms with Crippen LogP contribution in [-0.2, 0) is 4.74 Å². The van der Waals surface area contributed by atoms with E-state index in [4.69, 9.17) is 13.9 Å². The molecule has 0 N–H and O–H groups in total. The highest BCUT2D eigenvalue weighted by molar-refractivity contribution is 5.99. The lowest BCUT2D eigenvalue weighted by atomic mass is 9.96. The first kappa shape index (κ1) is 22.1. The topological polar surface area (TPSA) is 69.0 Å². The van der Waals surface area contributed by atoms with E-state index >= 15 is 0 Å². The van der Waals surface area contributed by atoms with Crippen LogP contribution in [0.5, 0.6) is 5.75 Å². The lowest BCUT2D eigenvalue weighted by Crippen LogP contribution is -2.31. The summed E-state index contributed by atoms with van der Waals surface area (Å²) in [6.07, 6.45) is 1.55. The molecule has 2 aromatic carbocycles. The minimum atomic E-state index is -0.527. The Bertz CT molecular complexity index is 1210. The normalized spacial score (nSPS) is 15.4. The van der Waals surface area contributed by atoms with E-state index in [0.29, 0.717) is 42.7 Å². The molecule has 1 atom stereocenters. The second-order valence-electron chi connectivity index (χ2n) is 8.30. The molecule has 1 amide bonds. The van der Waals surface area contributed by atoms with Crippen LogP contribution >= 0.6 is 0 Å². The fourth-order valence-electron chi connectivity index (χ4n) is 4.46. The van der Waals surface area contributed by atoms with Gasteiger partial charge in [0.1, 0.15) is 11.3 Å². The van der Waals surface area contributed by atoms with Crippen molar-refractivity contribution >= 4 is 16.9 Å². The molecular formula is C26H29NO5. The Balaban J connectivity index is 1.90. The molecule has 0 saturated carbocycles. The molecule has 0 bridgehead atoms. The first-order chi connectivity index (χ1) is 15.5. The molecule has 0 radical (unpaired) electrons. The summed E-state index contributed by atoms with van der Waals surface area (Å²) in [6, 6.07) is 10.9. The third-order valence-electron chi connectivity index (χ3n) is 5.81. The predicted molar refractivity (Wildman–Crippen MR) is 124 cm³/mol. The number of hydrogen-bond acceptors (Lipinski definition) is 5. The molecule has 0 saturated heterocycles. The maximum absolute atomic E-state index is 13.7. The van der Waals surface area contributed by atoms with E-state index in [1.165, 1.54) is 0 Å². The summed E-state index contributed by atoms with van der Waals surface area (Å²) >= 11 is 0. The van der Waals surface area contributed by atoms with Gasteiger partial charge in [0.15, 0.2) is 5.43 Å². The Labute approximate surface area is 187 Å². The zero-order valence-electron chi connectivity index (χ0n) is 19.1. The summed E-state index contributed by atoms with van der Waals surface area (Å²) < 4.78 is 17.1. The number of ether oxygens (including phenoxy) is 2. The summed E-state index contributed by atoms with van der Waals surface area (Å²) in [5.74, 6) is 0.591. The van der Waals surface area contributed by atoms with Crippen LogP contribution < -0.4 is 10.2 Å². The Hall–Kier alpha value is -3.12. The lowest BCUT2D eigenvalue weighted by Gasteiger charge is -2.25. The second-order valence-corrected chi connectivity index (χ2v) is 8.30. The number of carbonyl (C=O) groups excluding carboxylic acids is 1. The molecule has 1 aliphatic rings. The molecule has 0 fully saturated rings. The van der Waals surface area contributed by atoms with Crippen molar-refractivity contribution in [2.24, 2.45) is 0 Å².